The number of hydrogen-bond donors (Lipinski definition) is 2. The number of unbranched alkanes of at least 4 members (excludes halogenated alkanes) is 2. The van der Waals surface area contributed by atoms with Gasteiger partial charge in [-0.1, -0.05) is 86.5 Å². The maximum absolute atomic E-state index is 14.2. The average molecular weight is 595 g/mol. The molecule has 0 aliphatic carbocycles. The Bertz CT molecular complexity index is 1720. The highest BCUT2D eigenvalue weighted by atomic mass is 16.5. The van der Waals surface area contributed by atoms with E-state index in [-0.39, 0.29) is 34.6 Å². The largest absolute Gasteiger partial charge is 0.504 e. The summed E-state index contributed by atoms with van der Waals surface area (Å²) < 4.78 is 10.9. The highest BCUT2D eigenvalue weighted by Crippen LogP contribution is 2.46. The fraction of sp³-hybridized carbons (Fsp3) is 0.171. The van der Waals surface area contributed by atoms with Gasteiger partial charge in [-0.15, -0.1) is 0 Å². The quantitative estimate of drug-likeness (QED) is 0.0632. The minimum Gasteiger partial charge on any atom is -0.504 e. The van der Waals surface area contributed by atoms with Gasteiger partial charge in [0, 0.05) is 16.7 Å². The van der Waals surface area contributed by atoms with Crippen LogP contribution in [-0.2, 0) is 4.74 Å². The highest BCUT2D eigenvalue weighted by molar-refractivity contribution is 6.24. The van der Waals surface area contributed by atoms with E-state index >= 15 is 0 Å². The zero-order chi connectivity index (χ0) is 31.8. The molecule has 0 aromatic heterocycles. The molecule has 0 saturated carbocycles. The van der Waals surface area contributed by atoms with Gasteiger partial charge in [0.25, 0.3) is 0 Å². The summed E-state index contributed by atoms with van der Waals surface area (Å²) in [6.45, 7) is 3.19. The topological polar surface area (TPSA) is 144 Å². The Morgan fingerprint density at radius 2 is 1.18 bits per heavy atom. The lowest BCUT2D eigenvalue weighted by molar-refractivity contribution is 0.0489. The molecule has 0 saturated heterocycles. The summed E-state index contributed by atoms with van der Waals surface area (Å²) in [5.41, 5.74) is -1.96. The fourth-order valence-electron chi connectivity index (χ4n) is 4.52. The van der Waals surface area contributed by atoms with Crippen molar-refractivity contribution in [1.82, 2.24) is 0 Å². The van der Waals surface area contributed by atoms with Crippen LogP contribution in [0.1, 0.15) is 96.0 Å². The van der Waals surface area contributed by atoms with Gasteiger partial charge in [0.05, 0.1) is 28.9 Å². The van der Waals surface area contributed by atoms with Crippen LogP contribution in [0, 0.1) is 0 Å². The van der Waals surface area contributed by atoms with Crippen molar-refractivity contribution < 1.29 is 43.7 Å². The van der Waals surface area contributed by atoms with Crippen molar-refractivity contribution in [3.63, 3.8) is 0 Å². The number of carbonyl (C=O) groups is 5. The average Bonchev–Trinajstić information content (AvgIpc) is 3.05. The van der Waals surface area contributed by atoms with Crippen molar-refractivity contribution in [1.29, 1.82) is 0 Å². The van der Waals surface area contributed by atoms with Gasteiger partial charge >= 0.3 is 11.9 Å². The van der Waals surface area contributed by atoms with E-state index in [1.54, 1.807) is 36.4 Å². The summed E-state index contributed by atoms with van der Waals surface area (Å²) in [5, 5.41) is 22.4. The normalized spacial score (nSPS) is 10.6. The van der Waals surface area contributed by atoms with Crippen LogP contribution in [-0.4, -0.2) is 46.1 Å². The fourth-order valence-corrected chi connectivity index (χ4v) is 4.52. The van der Waals surface area contributed by atoms with E-state index in [1.807, 2.05) is 6.92 Å². The summed E-state index contributed by atoms with van der Waals surface area (Å²) in [4.78, 5) is 67.0. The van der Waals surface area contributed by atoms with Gasteiger partial charge in [-0.2, -0.15) is 0 Å². The van der Waals surface area contributed by atoms with Gasteiger partial charge in [0.1, 0.15) is 0 Å². The number of benzene rings is 4. The van der Waals surface area contributed by atoms with Gasteiger partial charge in [-0.25, -0.2) is 9.59 Å². The number of ether oxygens (including phenoxy) is 2. The standard InChI is InChI=1S/C35H30O9/c1-3-4-11-19-43-35(42)26-27(29(37)22-13-7-5-8-14-22)31(39)32(40)33(44-34(41)23-15-9-6-10-16-23)28(26)30(38)25-18-12-17-24(20-25)21(2)36/h5-10,12-18,20,39-40H,3-4,11,19H2,1-2H3. The van der Waals surface area contributed by atoms with Crippen molar-refractivity contribution in [2.24, 2.45) is 0 Å². The van der Waals surface area contributed by atoms with E-state index < -0.39 is 57.4 Å². The molecule has 2 N–H and O–H groups in total. The van der Waals surface area contributed by atoms with Crippen LogP contribution in [0.4, 0.5) is 0 Å². The Hall–Kier alpha value is -5.57. The zero-order valence-electron chi connectivity index (χ0n) is 24.2. The van der Waals surface area contributed by atoms with Crippen molar-refractivity contribution >= 4 is 29.3 Å². The van der Waals surface area contributed by atoms with Crippen molar-refractivity contribution in [2.75, 3.05) is 6.61 Å². The first-order valence-electron chi connectivity index (χ1n) is 14.0. The maximum Gasteiger partial charge on any atom is 0.343 e. The van der Waals surface area contributed by atoms with Crippen LogP contribution in [0.25, 0.3) is 0 Å². The third-order valence-electron chi connectivity index (χ3n) is 6.81. The number of hydrogen-bond acceptors (Lipinski definition) is 9. The number of carbonyl (C=O) groups excluding carboxylic acids is 5. The molecule has 0 spiro atoms. The van der Waals surface area contributed by atoms with E-state index in [4.69, 9.17) is 9.47 Å². The van der Waals surface area contributed by atoms with Crippen molar-refractivity contribution in [3.05, 3.63) is 124 Å². The van der Waals surface area contributed by atoms with Gasteiger partial charge in [0.15, 0.2) is 28.8 Å². The Labute approximate surface area is 253 Å². The smallest absolute Gasteiger partial charge is 0.343 e. The first-order chi connectivity index (χ1) is 21.1. The van der Waals surface area contributed by atoms with Gasteiger partial charge < -0.3 is 19.7 Å². The molecule has 0 aliphatic rings. The van der Waals surface area contributed by atoms with Crippen molar-refractivity contribution in [2.45, 2.75) is 33.1 Å². The van der Waals surface area contributed by atoms with Gasteiger partial charge in [0.2, 0.25) is 5.75 Å². The molecule has 9 nitrogen and oxygen atoms in total. The summed E-state index contributed by atoms with van der Waals surface area (Å²) >= 11 is 0. The molecule has 0 fully saturated rings. The minimum absolute atomic E-state index is 0.0354. The van der Waals surface area contributed by atoms with E-state index in [1.165, 1.54) is 55.5 Å². The van der Waals surface area contributed by atoms with E-state index in [0.717, 1.165) is 12.8 Å². The SMILES string of the molecule is CCCCCOC(=O)c1c(C(=O)c2ccccc2)c(O)c(O)c(OC(=O)c2ccccc2)c1C(=O)c1cccc(C(C)=O)c1. The molecular formula is C35H30O9. The molecule has 0 amide bonds. The first kappa shape index (κ1) is 31.4. The lowest BCUT2D eigenvalue weighted by atomic mass is 9.88. The third kappa shape index (κ3) is 6.73. The van der Waals surface area contributed by atoms with Crippen molar-refractivity contribution in [3.8, 4) is 17.2 Å². The second-order valence-corrected chi connectivity index (χ2v) is 9.91. The van der Waals surface area contributed by atoms with Gasteiger partial charge in [-0.3, -0.25) is 14.4 Å². The molecule has 9 heteroatoms. The molecule has 0 atom stereocenters. The summed E-state index contributed by atoms with van der Waals surface area (Å²) in [5.74, 6) is -7.42. The number of esters is 2. The Morgan fingerprint density at radius 1 is 0.614 bits per heavy atom. The maximum atomic E-state index is 14.2. The number of rotatable bonds is 12. The molecule has 4 aromatic carbocycles. The van der Waals surface area contributed by atoms with Crippen LogP contribution >= 0.6 is 0 Å². The summed E-state index contributed by atoms with van der Waals surface area (Å²) in [6.07, 6.45) is 2.03. The highest BCUT2D eigenvalue weighted by Gasteiger charge is 2.37. The van der Waals surface area contributed by atoms with Crippen LogP contribution < -0.4 is 4.74 Å². The molecule has 4 rings (SSSR count). The van der Waals surface area contributed by atoms with Crippen LogP contribution in [0.5, 0.6) is 17.2 Å². The summed E-state index contributed by atoms with van der Waals surface area (Å²) in [6, 6.07) is 20.8. The van der Waals surface area contributed by atoms with Crippen LogP contribution in [0.15, 0.2) is 84.9 Å². The lowest BCUT2D eigenvalue weighted by Crippen LogP contribution is -2.22. The number of aromatic hydroxyl groups is 2. The lowest BCUT2D eigenvalue weighted by Gasteiger charge is -2.20. The van der Waals surface area contributed by atoms with E-state index in [2.05, 4.69) is 0 Å². The third-order valence-corrected chi connectivity index (χ3v) is 6.81. The predicted molar refractivity (Wildman–Crippen MR) is 161 cm³/mol. The van der Waals surface area contributed by atoms with Gasteiger partial charge in [-0.05, 0) is 31.5 Å². The number of ketones is 3. The molecule has 44 heavy (non-hydrogen) atoms. The molecule has 0 unspecified atom stereocenters. The summed E-state index contributed by atoms with van der Waals surface area (Å²) in [7, 11) is 0. The van der Waals surface area contributed by atoms with E-state index in [0.29, 0.717) is 6.42 Å². The monoisotopic (exact) mass is 594 g/mol. The number of phenols is 2. The molecule has 0 heterocycles. The Kier molecular flexibility index (Phi) is 10.0. The second kappa shape index (κ2) is 14.1. The molecule has 224 valence electrons. The molecule has 0 bridgehead atoms. The number of Topliss-reactive ketones (excluding diaryl/α,β-unsaturated/α-hetero) is 1. The molecule has 0 aliphatic heterocycles. The Morgan fingerprint density at radius 3 is 1.80 bits per heavy atom. The van der Waals surface area contributed by atoms with Crippen LogP contribution in [0.3, 0.4) is 0 Å². The molecule has 4 aromatic rings. The predicted octanol–water partition coefficient (Wildman–Crippen LogP) is 6.33. The molecular weight excluding hydrogens is 564 g/mol. The zero-order valence-corrected chi connectivity index (χ0v) is 24.2. The minimum atomic E-state index is -1.15. The van der Waals surface area contributed by atoms with E-state index in [9.17, 15) is 34.2 Å². The molecule has 0 radical (unpaired) electrons. The first-order valence-corrected chi connectivity index (χ1v) is 14.0. The second-order valence-electron chi connectivity index (χ2n) is 9.91. The number of phenolic OH excluding ortho intramolecular Hbond substituents is 2. The Balaban J connectivity index is 2.03. The van der Waals surface area contributed by atoms with Crippen LogP contribution in [0.2, 0.25) is 0 Å².